The number of nitrogens with zero attached hydrogens (tertiary/aromatic N) is 4. The Morgan fingerprint density at radius 1 is 0.913 bits per heavy atom. The third-order valence-electron chi connectivity index (χ3n) is 10.7. The number of rotatable bonds is 15. The Hall–Kier alpha value is -6.76. The van der Waals surface area contributed by atoms with Crippen molar-refractivity contribution >= 4 is 64.6 Å². The summed E-state index contributed by atoms with van der Waals surface area (Å²) in [7, 11) is 0. The number of piperidine rings is 1. The van der Waals surface area contributed by atoms with Crippen molar-refractivity contribution in [1.82, 2.24) is 25.5 Å². The minimum absolute atomic E-state index is 0.191. The molecule has 0 bridgehead atoms. The minimum Gasteiger partial charge on any atom is -0.393 e. The predicted octanol–water partition coefficient (Wildman–Crippen LogP) is 5.85. The number of carbonyl (C=O) groups excluding carboxylic acids is 5. The van der Waals surface area contributed by atoms with Crippen molar-refractivity contribution in [2.75, 3.05) is 72.9 Å². The lowest BCUT2D eigenvalue weighted by Gasteiger charge is -2.29. The van der Waals surface area contributed by atoms with Crippen LogP contribution in [0.1, 0.15) is 105 Å². The number of nitrogens with one attached hydrogen (secondary N) is 4. The van der Waals surface area contributed by atoms with Crippen LogP contribution in [0.15, 0.2) is 65.8 Å². The fourth-order valence-electron chi connectivity index (χ4n) is 6.88. The van der Waals surface area contributed by atoms with Gasteiger partial charge in [0, 0.05) is 71.2 Å². The SMILES string of the molecule is CC.CC1CCN(CCNC(=O)C#Cc2ccc3c(c2)-c2ccc(NC(=O)C(C)(C)C)cc2C(=O)C3=O)CC1.CCCSc1nc(NCCN)c(N)c(N(N)Cc2ccc(C#CCNC=O)cc2)n1. The first-order valence-corrected chi connectivity index (χ1v) is 24.3. The van der Waals surface area contributed by atoms with Crippen molar-refractivity contribution < 1.29 is 24.0 Å². The Balaban J connectivity index is 0.000000297. The van der Waals surface area contributed by atoms with E-state index in [1.807, 2.05) is 38.1 Å². The summed E-state index contributed by atoms with van der Waals surface area (Å²) in [6.45, 7) is 19.0. The molecule has 2 heterocycles. The number of nitrogen functional groups attached to an aromatic ring is 1. The minimum atomic E-state index is -0.615. The van der Waals surface area contributed by atoms with E-state index in [-0.39, 0.29) is 17.4 Å². The Labute approximate surface area is 411 Å². The molecule has 0 unspecified atom stereocenters. The van der Waals surface area contributed by atoms with Crippen LogP contribution in [-0.2, 0) is 20.9 Å². The van der Waals surface area contributed by atoms with Crippen molar-refractivity contribution in [2.24, 2.45) is 22.9 Å². The van der Waals surface area contributed by atoms with Crippen LogP contribution in [0, 0.1) is 35.0 Å². The van der Waals surface area contributed by atoms with Gasteiger partial charge in [-0.25, -0.2) is 15.8 Å². The van der Waals surface area contributed by atoms with Crippen molar-refractivity contribution in [3.8, 4) is 34.8 Å². The molecule has 2 aliphatic rings. The Morgan fingerprint density at radius 3 is 2.26 bits per heavy atom. The second-order valence-corrected chi connectivity index (χ2v) is 18.3. The summed E-state index contributed by atoms with van der Waals surface area (Å²) in [5, 5.41) is 13.4. The molecule has 0 radical (unpaired) electrons. The Kier molecular flexibility index (Phi) is 21.7. The molecule has 17 heteroatoms. The number of benzene rings is 3. The highest BCUT2D eigenvalue weighted by Gasteiger charge is 2.31. The van der Waals surface area contributed by atoms with Gasteiger partial charge in [-0.1, -0.05) is 96.2 Å². The number of nitrogens with two attached hydrogens (primary N) is 3. The van der Waals surface area contributed by atoms with Gasteiger partial charge in [-0.05, 0) is 97.4 Å². The molecule has 3 amide bonds. The van der Waals surface area contributed by atoms with Gasteiger partial charge in [0.25, 0.3) is 5.91 Å². The van der Waals surface area contributed by atoms with Crippen molar-refractivity contribution in [3.05, 3.63) is 88.5 Å². The molecule has 0 spiro atoms. The van der Waals surface area contributed by atoms with Crippen LogP contribution in [0.2, 0.25) is 0 Å². The molecule has 0 saturated carbocycles. The van der Waals surface area contributed by atoms with Crippen LogP contribution in [0.4, 0.5) is 23.0 Å². The number of carbonyl (C=O) groups is 5. The highest BCUT2D eigenvalue weighted by atomic mass is 32.2. The van der Waals surface area contributed by atoms with E-state index in [2.05, 4.69) is 73.7 Å². The average molecular weight is 958 g/mol. The number of aromatic nitrogens is 2. The lowest BCUT2D eigenvalue weighted by atomic mass is 9.83. The zero-order chi connectivity index (χ0) is 50.5. The molecular weight excluding hydrogens is 891 g/mol. The van der Waals surface area contributed by atoms with Crippen LogP contribution in [-0.4, -0.2) is 96.2 Å². The van der Waals surface area contributed by atoms with Crippen molar-refractivity contribution in [3.63, 3.8) is 0 Å². The number of amides is 3. The maximum atomic E-state index is 12.8. The van der Waals surface area contributed by atoms with Crippen LogP contribution in [0.5, 0.6) is 0 Å². The number of hydrazine groups is 1. The van der Waals surface area contributed by atoms with Gasteiger partial charge < -0.3 is 37.6 Å². The highest BCUT2D eigenvalue weighted by molar-refractivity contribution is 7.99. The molecule has 1 saturated heterocycles. The van der Waals surface area contributed by atoms with Crippen LogP contribution in [0.3, 0.4) is 0 Å². The first kappa shape index (κ1) is 54.8. The van der Waals surface area contributed by atoms with E-state index in [0.717, 1.165) is 48.9 Å². The predicted molar refractivity (Wildman–Crippen MR) is 277 cm³/mol. The van der Waals surface area contributed by atoms with Crippen molar-refractivity contribution in [1.29, 1.82) is 0 Å². The monoisotopic (exact) mass is 958 g/mol. The topological polar surface area (TPSA) is 244 Å². The number of fused-ring (bicyclic) bond motifs is 3. The van der Waals surface area contributed by atoms with E-state index in [0.29, 0.717) is 89.6 Å². The fourth-order valence-corrected chi connectivity index (χ4v) is 7.57. The van der Waals surface area contributed by atoms with E-state index in [4.69, 9.17) is 17.3 Å². The number of hydrogen-bond donors (Lipinski definition) is 7. The van der Waals surface area contributed by atoms with Crippen molar-refractivity contribution in [2.45, 2.75) is 79.4 Å². The smallest absolute Gasteiger partial charge is 0.296 e. The van der Waals surface area contributed by atoms with E-state index in [1.165, 1.54) is 23.9 Å². The first-order chi connectivity index (χ1) is 33.1. The second-order valence-electron chi connectivity index (χ2n) is 17.2. The number of anilines is 4. The summed E-state index contributed by atoms with van der Waals surface area (Å²) in [6.07, 6.45) is 4.01. The normalized spacial score (nSPS) is 12.9. The summed E-state index contributed by atoms with van der Waals surface area (Å²) >= 11 is 1.55. The molecule has 1 fully saturated rings. The zero-order valence-corrected chi connectivity index (χ0v) is 41.7. The van der Waals surface area contributed by atoms with Gasteiger partial charge in [0.15, 0.2) is 16.8 Å². The third kappa shape index (κ3) is 16.5. The van der Waals surface area contributed by atoms with Gasteiger partial charge >= 0.3 is 0 Å². The maximum Gasteiger partial charge on any atom is 0.296 e. The van der Waals surface area contributed by atoms with E-state index in [1.54, 1.807) is 62.9 Å². The molecule has 10 N–H and O–H groups in total. The highest BCUT2D eigenvalue weighted by Crippen LogP contribution is 2.36. The molecule has 3 aromatic carbocycles. The summed E-state index contributed by atoms with van der Waals surface area (Å²) in [5.74, 6) is 18.5. The lowest BCUT2D eigenvalue weighted by Crippen LogP contribution is -2.38. The molecule has 1 aliphatic heterocycles. The quantitative estimate of drug-likeness (QED) is 0.0108. The molecule has 4 aromatic rings. The van der Waals surface area contributed by atoms with Gasteiger partial charge in [0.05, 0.1) is 13.1 Å². The van der Waals surface area contributed by atoms with Gasteiger partial charge in [-0.3, -0.25) is 29.0 Å². The molecule has 69 heavy (non-hydrogen) atoms. The van der Waals surface area contributed by atoms with E-state index < -0.39 is 17.0 Å². The summed E-state index contributed by atoms with van der Waals surface area (Å²) in [5.41, 5.74) is 16.2. The number of likely N-dealkylation sites (tertiary alicyclic amines) is 1. The summed E-state index contributed by atoms with van der Waals surface area (Å²) < 4.78 is 0. The Morgan fingerprint density at radius 2 is 1.59 bits per heavy atom. The number of hydrogen-bond acceptors (Lipinski definition) is 14. The lowest BCUT2D eigenvalue weighted by molar-refractivity contribution is -0.123. The van der Waals surface area contributed by atoms with Gasteiger partial charge in [-0.15, -0.1) is 0 Å². The molecule has 1 aliphatic carbocycles. The van der Waals surface area contributed by atoms with Crippen LogP contribution >= 0.6 is 11.8 Å². The number of thioether (sulfide) groups is 1. The summed E-state index contributed by atoms with van der Waals surface area (Å²) in [4.78, 5) is 71.8. The zero-order valence-electron chi connectivity index (χ0n) is 40.9. The Bertz CT molecular complexity index is 2550. The van der Waals surface area contributed by atoms with Gasteiger partial charge in [-0.2, -0.15) is 0 Å². The number of Topliss-reactive ketones (excluding diaryl/α,β-unsaturated/α-hetero) is 2. The molecule has 1 aromatic heterocycles. The largest absolute Gasteiger partial charge is 0.393 e. The van der Waals surface area contributed by atoms with E-state index >= 15 is 0 Å². The average Bonchev–Trinajstić information content (AvgIpc) is 3.34. The van der Waals surface area contributed by atoms with Gasteiger partial charge in [0.2, 0.25) is 23.9 Å². The molecule has 366 valence electrons. The fraction of sp³-hybridized carbons (Fsp3) is 0.404. The third-order valence-corrected chi connectivity index (χ3v) is 11.8. The van der Waals surface area contributed by atoms with Gasteiger partial charge in [0.1, 0.15) is 5.69 Å². The molecular formula is C52H67N11O5S. The first-order valence-electron chi connectivity index (χ1n) is 23.3. The number of ketones is 2. The second kappa shape index (κ2) is 27.3. The standard InChI is InChI=1S/C30H33N3O4.C20H28N8OS.C2H6/c1-19-11-14-33(15-12-19)16-13-31-26(34)10-6-20-5-8-23-24(17-20)22-9-7-21(32-29(37)30(2,3)4)18-25(22)28(36)27(23)35;1-2-12-30-20-26-18(25-11-9-21)17(22)19(27-20)28(23)13-16-7-5-15(6-8-16)4-3-10-24-14-29;1-2/h5,7-9,17-19H,11-16H2,1-4H3,(H,31,34)(H,32,37);5-8,14H,2,9-13,21-23H2,1H3,(H,24,29)(H,25,26,27);1-2H3. The maximum absolute atomic E-state index is 12.8. The molecule has 6 rings (SSSR count). The van der Waals surface area contributed by atoms with E-state index in [9.17, 15) is 24.0 Å². The molecule has 16 nitrogen and oxygen atoms in total. The summed E-state index contributed by atoms with van der Waals surface area (Å²) in [6, 6.07) is 17.6. The molecule has 0 atom stereocenters. The van der Waals surface area contributed by atoms with Crippen LogP contribution in [0.25, 0.3) is 11.1 Å². The van der Waals surface area contributed by atoms with Crippen LogP contribution < -0.4 is 43.6 Å².